The molecule has 1 aliphatic rings. The number of nitrogens with one attached hydrogen (secondary N) is 2. The number of nitrogens with zero attached hydrogens (tertiary/aromatic N) is 3. The second-order valence-electron chi connectivity index (χ2n) is 7.96. The molecule has 0 fully saturated rings. The van der Waals surface area contributed by atoms with Crippen molar-refractivity contribution in [2.24, 2.45) is 0 Å². The number of anilines is 3. The molecule has 0 bridgehead atoms. The summed E-state index contributed by atoms with van der Waals surface area (Å²) in [6.45, 7) is 6.09. The van der Waals surface area contributed by atoms with Gasteiger partial charge in [-0.2, -0.15) is 18.5 Å². The number of aryl methyl sites for hydroxylation is 1. The quantitative estimate of drug-likeness (QED) is 0.551. The Morgan fingerprint density at radius 2 is 1.82 bits per heavy atom. The zero-order valence-electron chi connectivity index (χ0n) is 19.0. The maximum absolute atomic E-state index is 13.0. The maximum Gasteiger partial charge on any atom is 0.246 e. The van der Waals surface area contributed by atoms with Crippen molar-refractivity contribution in [1.82, 2.24) is 9.97 Å². The highest BCUT2D eigenvalue weighted by Crippen LogP contribution is 2.32. The zero-order chi connectivity index (χ0) is 22.8. The molecule has 7 nitrogen and oxygen atoms in total. The minimum Gasteiger partial charge on any atom is -0.489 e. The Bertz CT molecular complexity index is 1120. The van der Waals surface area contributed by atoms with E-state index in [2.05, 4.69) is 20.6 Å². The molecule has 1 unspecified atom stereocenters. The topological polar surface area (TPSA) is 79.4 Å². The van der Waals surface area contributed by atoms with Gasteiger partial charge in [0, 0.05) is 7.05 Å². The molecule has 0 saturated heterocycles. The van der Waals surface area contributed by atoms with Crippen molar-refractivity contribution in [3.63, 3.8) is 0 Å². The van der Waals surface area contributed by atoms with E-state index >= 15 is 0 Å². The number of fused-ring (bicyclic) bond motifs is 1. The third-order valence-corrected chi connectivity index (χ3v) is 5.66. The van der Waals surface area contributed by atoms with Crippen molar-refractivity contribution < 1.29 is 13.9 Å². The number of ether oxygens (including phenoxy) is 1. The van der Waals surface area contributed by atoms with E-state index in [4.69, 9.17) is 4.74 Å². The van der Waals surface area contributed by atoms with Crippen molar-refractivity contribution in [3.8, 4) is 5.75 Å². The third kappa shape index (κ3) is 5.36. The van der Waals surface area contributed by atoms with Gasteiger partial charge in [-0.15, -0.1) is 0 Å². The van der Waals surface area contributed by atoms with E-state index in [-0.39, 0.29) is 37.3 Å². The van der Waals surface area contributed by atoms with Crippen LogP contribution in [-0.4, -0.2) is 29.0 Å². The van der Waals surface area contributed by atoms with E-state index in [1.165, 1.54) is 12.1 Å². The highest BCUT2D eigenvalue weighted by Gasteiger charge is 2.30. The monoisotopic (exact) mass is 469 g/mol. The van der Waals surface area contributed by atoms with Gasteiger partial charge in [0.15, 0.2) is 5.82 Å². The molecular formula is C24H28FN5O2S. The first-order valence-corrected chi connectivity index (χ1v) is 10.5. The highest BCUT2D eigenvalue weighted by atomic mass is 32.1. The summed E-state index contributed by atoms with van der Waals surface area (Å²) in [6.07, 6.45) is 0. The average Bonchev–Trinajstić information content (AvgIpc) is 2.78. The van der Waals surface area contributed by atoms with Gasteiger partial charge in [-0.25, -0.2) is 9.37 Å². The summed E-state index contributed by atoms with van der Waals surface area (Å²) in [7, 11) is 1.85. The summed E-state index contributed by atoms with van der Waals surface area (Å²) in [4.78, 5) is 23.1. The van der Waals surface area contributed by atoms with Gasteiger partial charge in [-0.1, -0.05) is 24.3 Å². The summed E-state index contributed by atoms with van der Waals surface area (Å²) >= 11 is 0. The Kier molecular flexibility index (Phi) is 7.43. The second kappa shape index (κ2) is 10.1. The van der Waals surface area contributed by atoms with Crippen LogP contribution in [0.15, 0.2) is 48.5 Å². The summed E-state index contributed by atoms with van der Waals surface area (Å²) < 4.78 is 18.8. The molecule has 174 valence electrons. The van der Waals surface area contributed by atoms with Crippen LogP contribution in [0.1, 0.15) is 36.7 Å². The van der Waals surface area contributed by atoms with Gasteiger partial charge in [0.2, 0.25) is 11.9 Å². The molecule has 9 heteroatoms. The predicted octanol–water partition coefficient (Wildman–Crippen LogP) is 4.57. The number of benzene rings is 2. The molecule has 2 N–H and O–H groups in total. The first-order valence-electron chi connectivity index (χ1n) is 10.5. The van der Waals surface area contributed by atoms with E-state index in [0.29, 0.717) is 29.8 Å². The molecule has 33 heavy (non-hydrogen) atoms. The van der Waals surface area contributed by atoms with Crippen LogP contribution in [0.25, 0.3) is 0 Å². The van der Waals surface area contributed by atoms with E-state index in [1.807, 2.05) is 57.0 Å². The third-order valence-electron chi connectivity index (χ3n) is 5.66. The Labute approximate surface area is 199 Å². The van der Waals surface area contributed by atoms with E-state index in [9.17, 15) is 9.18 Å². The van der Waals surface area contributed by atoms with Gasteiger partial charge in [-0.3, -0.25) is 4.79 Å². The molecule has 2 aromatic carbocycles. The maximum atomic E-state index is 13.0. The molecule has 1 aliphatic heterocycles. The molecule has 0 spiro atoms. The number of aromatic nitrogens is 2. The van der Waals surface area contributed by atoms with Crippen LogP contribution in [-0.2, 0) is 11.4 Å². The fourth-order valence-corrected chi connectivity index (χ4v) is 3.49. The number of carbonyl (C=O) groups is 1. The molecule has 3 aromatic rings. The largest absolute Gasteiger partial charge is 0.489 e. The number of amides is 1. The van der Waals surface area contributed by atoms with Gasteiger partial charge < -0.3 is 20.3 Å². The van der Waals surface area contributed by atoms with E-state index in [1.54, 1.807) is 12.1 Å². The molecule has 0 saturated carbocycles. The van der Waals surface area contributed by atoms with Gasteiger partial charge in [0.05, 0.1) is 11.7 Å². The van der Waals surface area contributed by atoms with Crippen molar-refractivity contribution in [2.75, 3.05) is 22.6 Å². The van der Waals surface area contributed by atoms with Crippen LogP contribution in [0.4, 0.5) is 21.8 Å². The lowest BCUT2D eigenvalue weighted by Gasteiger charge is -2.32. The van der Waals surface area contributed by atoms with Gasteiger partial charge in [0.25, 0.3) is 0 Å². The molecule has 1 amide bonds. The molecular weight excluding hydrogens is 441 g/mol. The summed E-state index contributed by atoms with van der Waals surface area (Å²) in [6, 6.07) is 13.7. The van der Waals surface area contributed by atoms with Crippen LogP contribution in [0.5, 0.6) is 5.75 Å². The number of hydrogen-bond acceptors (Lipinski definition) is 6. The fourth-order valence-electron chi connectivity index (χ4n) is 3.49. The summed E-state index contributed by atoms with van der Waals surface area (Å²) in [5.74, 6) is 1.60. The molecule has 4 rings (SSSR count). The minimum absolute atomic E-state index is 0. The summed E-state index contributed by atoms with van der Waals surface area (Å²) in [5.41, 5.74) is 3.31. The number of carbonyl (C=O) groups excluding carboxylic acids is 1. The zero-order valence-corrected chi connectivity index (χ0v) is 20.0. The predicted molar refractivity (Wildman–Crippen MR) is 133 cm³/mol. The first kappa shape index (κ1) is 24.3. The van der Waals surface area contributed by atoms with Gasteiger partial charge >= 0.3 is 0 Å². The van der Waals surface area contributed by atoms with Crippen LogP contribution >= 0.6 is 13.5 Å². The van der Waals surface area contributed by atoms with E-state index in [0.717, 1.165) is 16.9 Å². The number of likely N-dealkylation sites (N-methyl/N-ethyl adjacent to an activating group) is 1. The van der Waals surface area contributed by atoms with Gasteiger partial charge in [0.1, 0.15) is 29.9 Å². The standard InChI is InChI=1S/C24H26FN5O2.H2S/c1-14(18-7-11-20(12-8-18)32-13-17-5-9-19(25)10-6-17)26-24-27-15(2)21-22(29-24)30(4)16(3)23(31)28-21;/h5-12,14,16H,13H2,1-4H3,(H,28,31)(H,26,27,29);1H2/t14?,16-;/m0./s1. The molecule has 0 radical (unpaired) electrons. The Morgan fingerprint density at radius 3 is 2.48 bits per heavy atom. The SMILES string of the molecule is Cc1nc(NC(C)c2ccc(OCc3ccc(F)cc3)cc2)nc2c1NC(=O)[C@H](C)N2C.S. The van der Waals surface area contributed by atoms with Crippen molar-refractivity contribution in [1.29, 1.82) is 0 Å². The number of halogens is 1. The average molecular weight is 470 g/mol. The lowest BCUT2D eigenvalue weighted by atomic mass is 10.1. The Balaban J connectivity index is 0.00000306. The highest BCUT2D eigenvalue weighted by molar-refractivity contribution is 7.59. The molecule has 1 aromatic heterocycles. The lowest BCUT2D eigenvalue weighted by Crippen LogP contribution is -2.44. The Hall–Kier alpha value is -3.33. The number of rotatable bonds is 6. The van der Waals surface area contributed by atoms with Crippen LogP contribution in [0.3, 0.4) is 0 Å². The fraction of sp³-hybridized carbons (Fsp3) is 0.292. The molecule has 2 atom stereocenters. The van der Waals surface area contributed by atoms with Crippen molar-refractivity contribution >= 4 is 36.9 Å². The molecule has 0 aliphatic carbocycles. The lowest BCUT2D eigenvalue weighted by molar-refractivity contribution is -0.117. The van der Waals surface area contributed by atoms with Crippen LogP contribution in [0, 0.1) is 12.7 Å². The van der Waals surface area contributed by atoms with Crippen molar-refractivity contribution in [3.05, 3.63) is 71.2 Å². The minimum atomic E-state index is -0.301. The van der Waals surface area contributed by atoms with Crippen molar-refractivity contribution in [2.45, 2.75) is 39.5 Å². The summed E-state index contributed by atoms with van der Waals surface area (Å²) in [5, 5.41) is 6.23. The smallest absolute Gasteiger partial charge is 0.246 e. The second-order valence-corrected chi connectivity index (χ2v) is 7.96. The Morgan fingerprint density at radius 1 is 1.15 bits per heavy atom. The molecule has 2 heterocycles. The normalized spacial score (nSPS) is 15.7. The van der Waals surface area contributed by atoms with Crippen LogP contribution < -0.4 is 20.3 Å². The first-order chi connectivity index (χ1) is 15.3. The van der Waals surface area contributed by atoms with Crippen LogP contribution in [0.2, 0.25) is 0 Å². The van der Waals surface area contributed by atoms with Gasteiger partial charge in [-0.05, 0) is 56.2 Å². The number of hydrogen-bond donors (Lipinski definition) is 2. The van der Waals surface area contributed by atoms with E-state index < -0.39 is 0 Å².